The normalized spacial score (nSPS) is 12.5. The van der Waals surface area contributed by atoms with Crippen LogP contribution in [0, 0.1) is 0 Å². The van der Waals surface area contributed by atoms with E-state index >= 15 is 0 Å². The molecule has 0 fully saturated rings. The number of benzene rings is 6. The Morgan fingerprint density at radius 3 is 1.44 bits per heavy atom. The van der Waals surface area contributed by atoms with Crippen LogP contribution >= 0.6 is 0 Å². The molecule has 210 valence electrons. The number of ether oxygens (including phenoxy) is 4. The summed E-state index contributed by atoms with van der Waals surface area (Å²) >= 11 is 0. The van der Waals surface area contributed by atoms with Crippen molar-refractivity contribution in [3.8, 4) is 34.1 Å². The standard InChI is InChI=1S/C39H30O4/c1-40-32-13-7-9-26(21-32)17-19-30-23-28-11-3-5-15-34(28)36-37-35-16-6-4-12-29(35)24-31(39(37)43-25-42-38(30)36)20-18-27-10-8-14-33(22-27)41-2/h3-24H,25H2,1-2H3/b19-17-,20-18-. The first-order chi connectivity index (χ1) is 21.2. The first kappa shape index (κ1) is 26.4. The van der Waals surface area contributed by atoms with Crippen molar-refractivity contribution in [2.24, 2.45) is 0 Å². The van der Waals surface area contributed by atoms with Gasteiger partial charge in [0.05, 0.1) is 14.2 Å². The van der Waals surface area contributed by atoms with Gasteiger partial charge in [-0.1, -0.05) is 97.1 Å². The van der Waals surface area contributed by atoms with Gasteiger partial charge in [0, 0.05) is 22.3 Å². The SMILES string of the molecule is COc1cccc(/C=C\c2cc3ccccc3c3c2OCOc2c(/C=C\c4cccc(OC)c4)cc4ccccc4c2-3)c1. The maximum Gasteiger partial charge on any atom is 0.231 e. The highest BCUT2D eigenvalue weighted by Gasteiger charge is 2.26. The fourth-order valence-corrected chi connectivity index (χ4v) is 5.77. The summed E-state index contributed by atoms with van der Waals surface area (Å²) in [4.78, 5) is 0. The summed E-state index contributed by atoms with van der Waals surface area (Å²) in [7, 11) is 3.36. The minimum absolute atomic E-state index is 0.0939. The van der Waals surface area contributed by atoms with Crippen molar-refractivity contribution in [3.63, 3.8) is 0 Å². The lowest BCUT2D eigenvalue weighted by Gasteiger charge is -2.17. The molecule has 1 aliphatic rings. The zero-order valence-electron chi connectivity index (χ0n) is 24.0. The molecule has 4 heteroatoms. The van der Waals surface area contributed by atoms with Gasteiger partial charge < -0.3 is 18.9 Å². The monoisotopic (exact) mass is 562 g/mol. The molecule has 0 aliphatic carbocycles. The Hall–Kier alpha value is -5.48. The van der Waals surface area contributed by atoms with Crippen LogP contribution in [-0.2, 0) is 0 Å². The molecule has 1 aliphatic heterocycles. The summed E-state index contributed by atoms with van der Waals surface area (Å²) in [6.45, 7) is 0.0939. The Kier molecular flexibility index (Phi) is 7.02. The zero-order valence-corrected chi connectivity index (χ0v) is 24.0. The van der Waals surface area contributed by atoms with E-state index in [1.165, 1.54) is 0 Å². The van der Waals surface area contributed by atoms with Gasteiger partial charge in [-0.3, -0.25) is 0 Å². The third kappa shape index (κ3) is 5.08. The second-order valence-corrected chi connectivity index (χ2v) is 10.4. The molecule has 0 N–H and O–H groups in total. The van der Waals surface area contributed by atoms with Gasteiger partial charge in [-0.2, -0.15) is 0 Å². The average Bonchev–Trinajstić information content (AvgIpc) is 3.27. The lowest BCUT2D eigenvalue weighted by atomic mass is 9.88. The molecule has 0 amide bonds. The predicted molar refractivity (Wildman–Crippen MR) is 177 cm³/mol. The molecule has 0 atom stereocenters. The van der Waals surface area contributed by atoms with Gasteiger partial charge in [0.15, 0.2) is 0 Å². The second kappa shape index (κ2) is 11.4. The molecule has 0 saturated carbocycles. The topological polar surface area (TPSA) is 36.9 Å². The van der Waals surface area contributed by atoms with Crippen molar-refractivity contribution in [1.82, 2.24) is 0 Å². The lowest BCUT2D eigenvalue weighted by molar-refractivity contribution is 0.124. The minimum Gasteiger partial charge on any atom is -0.497 e. The van der Waals surface area contributed by atoms with Crippen LogP contribution in [0.3, 0.4) is 0 Å². The van der Waals surface area contributed by atoms with Gasteiger partial charge in [0.2, 0.25) is 6.79 Å². The van der Waals surface area contributed by atoms with E-state index in [-0.39, 0.29) is 6.79 Å². The molecular formula is C39H30O4. The Labute approximate surface area is 251 Å². The number of hydrogen-bond acceptors (Lipinski definition) is 4. The molecule has 4 nitrogen and oxygen atoms in total. The van der Waals surface area contributed by atoms with Crippen LogP contribution in [0.1, 0.15) is 22.3 Å². The van der Waals surface area contributed by atoms with Gasteiger partial charge in [-0.25, -0.2) is 0 Å². The molecule has 0 radical (unpaired) electrons. The highest BCUT2D eigenvalue weighted by Crippen LogP contribution is 2.50. The first-order valence-electron chi connectivity index (χ1n) is 14.2. The van der Waals surface area contributed by atoms with Crippen LogP contribution in [0.4, 0.5) is 0 Å². The van der Waals surface area contributed by atoms with Crippen molar-refractivity contribution in [3.05, 3.63) is 131 Å². The first-order valence-corrected chi connectivity index (χ1v) is 14.2. The minimum atomic E-state index is 0.0939. The molecule has 6 aromatic rings. The molecule has 1 heterocycles. The summed E-state index contributed by atoms with van der Waals surface area (Å²) < 4.78 is 23.8. The Balaban J connectivity index is 1.46. The van der Waals surface area contributed by atoms with Crippen molar-refractivity contribution >= 4 is 45.8 Å². The van der Waals surface area contributed by atoms with E-state index in [0.29, 0.717) is 0 Å². The van der Waals surface area contributed by atoms with E-state index in [0.717, 1.165) is 77.9 Å². The molecule has 0 unspecified atom stereocenters. The van der Waals surface area contributed by atoms with Crippen LogP contribution in [0.15, 0.2) is 109 Å². The summed E-state index contributed by atoms with van der Waals surface area (Å²) in [5.41, 5.74) is 6.11. The van der Waals surface area contributed by atoms with Gasteiger partial charge in [-0.15, -0.1) is 0 Å². The molecule has 7 rings (SSSR count). The van der Waals surface area contributed by atoms with E-state index < -0.39 is 0 Å². The zero-order chi connectivity index (χ0) is 29.2. The van der Waals surface area contributed by atoms with E-state index in [9.17, 15) is 0 Å². The Morgan fingerprint density at radius 1 is 0.512 bits per heavy atom. The molecule has 6 aromatic carbocycles. The van der Waals surface area contributed by atoms with Gasteiger partial charge >= 0.3 is 0 Å². The summed E-state index contributed by atoms with van der Waals surface area (Å²) in [5.74, 6) is 3.24. The van der Waals surface area contributed by atoms with E-state index in [4.69, 9.17) is 18.9 Å². The number of hydrogen-bond donors (Lipinski definition) is 0. The quantitative estimate of drug-likeness (QED) is 0.189. The van der Waals surface area contributed by atoms with Gasteiger partial charge in [-0.05, 0) is 69.1 Å². The number of rotatable bonds is 6. The molecule has 0 spiro atoms. The second-order valence-electron chi connectivity index (χ2n) is 10.4. The summed E-state index contributed by atoms with van der Waals surface area (Å²) in [6.07, 6.45) is 8.40. The predicted octanol–water partition coefficient (Wildman–Crippen LogP) is 9.75. The molecule has 0 bridgehead atoms. The van der Waals surface area contributed by atoms with Crippen molar-refractivity contribution in [2.75, 3.05) is 21.0 Å². The smallest absolute Gasteiger partial charge is 0.231 e. The van der Waals surface area contributed by atoms with E-state index in [1.54, 1.807) is 14.2 Å². The maximum atomic E-state index is 6.46. The molecule has 43 heavy (non-hydrogen) atoms. The highest BCUT2D eigenvalue weighted by molar-refractivity contribution is 6.12. The van der Waals surface area contributed by atoms with Crippen LogP contribution in [0.2, 0.25) is 0 Å². The maximum absolute atomic E-state index is 6.46. The average molecular weight is 563 g/mol. The highest BCUT2D eigenvalue weighted by atomic mass is 16.7. The largest absolute Gasteiger partial charge is 0.497 e. The molecule has 0 saturated heterocycles. The Bertz CT molecular complexity index is 1890. The van der Waals surface area contributed by atoms with Crippen LogP contribution in [-0.4, -0.2) is 21.0 Å². The third-order valence-electron chi connectivity index (χ3n) is 7.82. The molecular weight excluding hydrogens is 532 g/mol. The van der Waals surface area contributed by atoms with Crippen LogP contribution in [0.5, 0.6) is 23.0 Å². The number of fused-ring (bicyclic) bond motifs is 7. The fraction of sp³-hybridized carbons (Fsp3) is 0.0769. The van der Waals surface area contributed by atoms with Crippen molar-refractivity contribution in [1.29, 1.82) is 0 Å². The van der Waals surface area contributed by atoms with Gasteiger partial charge in [0.1, 0.15) is 23.0 Å². The van der Waals surface area contributed by atoms with E-state index in [2.05, 4.69) is 97.1 Å². The summed E-state index contributed by atoms with van der Waals surface area (Å²) in [5, 5.41) is 4.48. The Morgan fingerprint density at radius 2 is 0.977 bits per heavy atom. The van der Waals surface area contributed by atoms with E-state index in [1.807, 2.05) is 36.4 Å². The van der Waals surface area contributed by atoms with Crippen molar-refractivity contribution in [2.45, 2.75) is 0 Å². The third-order valence-corrected chi connectivity index (χ3v) is 7.82. The van der Waals surface area contributed by atoms with Gasteiger partial charge in [0.25, 0.3) is 0 Å². The fourth-order valence-electron chi connectivity index (χ4n) is 5.77. The molecule has 0 aromatic heterocycles. The lowest BCUT2D eigenvalue weighted by Crippen LogP contribution is -2.05. The van der Waals surface area contributed by atoms with Crippen molar-refractivity contribution < 1.29 is 18.9 Å². The van der Waals surface area contributed by atoms with Crippen LogP contribution in [0.25, 0.3) is 57.0 Å². The summed E-state index contributed by atoms with van der Waals surface area (Å²) in [6, 6.07) is 37.3. The van der Waals surface area contributed by atoms with Crippen LogP contribution < -0.4 is 18.9 Å². The number of methoxy groups -OCH3 is 2.